The molecule has 2 heterocycles. The number of rotatable bonds is 2. The van der Waals surface area contributed by atoms with Gasteiger partial charge in [0.15, 0.2) is 10.8 Å². The number of hydrogen-bond donors (Lipinski definition) is 1. The van der Waals surface area contributed by atoms with Crippen LogP contribution in [0, 0.1) is 13.8 Å². The Morgan fingerprint density at radius 1 is 1.40 bits per heavy atom. The molecule has 1 N–H and O–H groups in total. The summed E-state index contributed by atoms with van der Waals surface area (Å²) in [6.07, 6.45) is 0. The summed E-state index contributed by atoms with van der Waals surface area (Å²) in [6.45, 7) is 3.63. The quantitative estimate of drug-likeness (QED) is 0.870. The van der Waals surface area contributed by atoms with Crippen molar-refractivity contribution in [2.24, 2.45) is 0 Å². The number of amides is 1. The van der Waals surface area contributed by atoms with Gasteiger partial charge in [-0.3, -0.25) is 10.1 Å². The van der Waals surface area contributed by atoms with Gasteiger partial charge in [-0.1, -0.05) is 0 Å². The van der Waals surface area contributed by atoms with Gasteiger partial charge in [0.05, 0.1) is 23.1 Å². The highest BCUT2D eigenvalue weighted by atomic mass is 32.1. The molecule has 2 rings (SSSR count). The average molecular weight is 240 g/mol. The van der Waals surface area contributed by atoms with Gasteiger partial charge >= 0.3 is 0 Å². The van der Waals surface area contributed by atoms with E-state index in [1.807, 2.05) is 12.3 Å². The standard InChI is InChI=1S/C8H8N4OS2/c1-4-3-14-8(9-4)10-7(13)6-5(2)11-15-12-6/h3H,1-2H3,(H,9,10,13). The normalized spacial score (nSPS) is 10.3. The predicted octanol–water partition coefficient (Wildman–Crippen LogP) is 1.86. The molecule has 7 heteroatoms. The molecule has 15 heavy (non-hydrogen) atoms. The molecule has 0 radical (unpaired) electrons. The van der Waals surface area contributed by atoms with Gasteiger partial charge < -0.3 is 0 Å². The number of nitrogens with zero attached hydrogens (tertiary/aromatic N) is 3. The summed E-state index contributed by atoms with van der Waals surface area (Å²) in [5.74, 6) is -0.254. The number of anilines is 1. The summed E-state index contributed by atoms with van der Waals surface area (Å²) in [7, 11) is 0. The molecule has 0 atom stereocenters. The molecule has 5 nitrogen and oxygen atoms in total. The number of aromatic nitrogens is 3. The highest BCUT2D eigenvalue weighted by Gasteiger charge is 2.14. The fourth-order valence-corrected chi connectivity index (χ4v) is 2.23. The van der Waals surface area contributed by atoms with Crippen molar-refractivity contribution in [3.8, 4) is 0 Å². The van der Waals surface area contributed by atoms with E-state index >= 15 is 0 Å². The van der Waals surface area contributed by atoms with Crippen molar-refractivity contribution >= 4 is 34.1 Å². The van der Waals surface area contributed by atoms with E-state index in [1.165, 1.54) is 11.3 Å². The van der Waals surface area contributed by atoms with Crippen molar-refractivity contribution in [1.82, 2.24) is 13.7 Å². The third-order valence-corrected chi connectivity index (χ3v) is 3.20. The Bertz CT molecular complexity index is 490. The zero-order chi connectivity index (χ0) is 10.8. The Balaban J connectivity index is 2.14. The minimum Gasteiger partial charge on any atom is -0.296 e. The number of aryl methyl sites for hydroxylation is 2. The SMILES string of the molecule is Cc1csc(NC(=O)c2nsnc2C)n1. The van der Waals surface area contributed by atoms with Crippen molar-refractivity contribution in [2.75, 3.05) is 5.32 Å². The highest BCUT2D eigenvalue weighted by molar-refractivity contribution is 7.14. The van der Waals surface area contributed by atoms with Crippen LogP contribution in [0.25, 0.3) is 0 Å². The van der Waals surface area contributed by atoms with Gasteiger partial charge in [0.2, 0.25) is 0 Å². The van der Waals surface area contributed by atoms with E-state index in [0.29, 0.717) is 16.5 Å². The Kier molecular flexibility index (Phi) is 2.74. The first-order chi connectivity index (χ1) is 7.16. The maximum Gasteiger partial charge on any atom is 0.279 e. The van der Waals surface area contributed by atoms with E-state index in [9.17, 15) is 4.79 Å². The van der Waals surface area contributed by atoms with E-state index in [4.69, 9.17) is 0 Å². The van der Waals surface area contributed by atoms with Crippen LogP contribution in [-0.4, -0.2) is 19.6 Å². The van der Waals surface area contributed by atoms with Gasteiger partial charge in [0.1, 0.15) is 0 Å². The number of hydrogen-bond acceptors (Lipinski definition) is 6. The molecule has 0 bridgehead atoms. The Morgan fingerprint density at radius 2 is 2.20 bits per heavy atom. The number of carbonyl (C=O) groups excluding carboxylic acids is 1. The summed E-state index contributed by atoms with van der Waals surface area (Å²) in [5, 5.41) is 5.14. The first-order valence-electron chi connectivity index (χ1n) is 4.19. The fourth-order valence-electron chi connectivity index (χ4n) is 1.01. The molecule has 0 fully saturated rings. The zero-order valence-electron chi connectivity index (χ0n) is 8.14. The van der Waals surface area contributed by atoms with Crippen molar-refractivity contribution in [3.63, 3.8) is 0 Å². The van der Waals surface area contributed by atoms with Crippen molar-refractivity contribution in [3.05, 3.63) is 22.5 Å². The van der Waals surface area contributed by atoms with Crippen molar-refractivity contribution in [2.45, 2.75) is 13.8 Å². The van der Waals surface area contributed by atoms with Gasteiger partial charge in [-0.15, -0.1) is 11.3 Å². The number of nitrogens with one attached hydrogen (secondary N) is 1. The topological polar surface area (TPSA) is 67.8 Å². The summed E-state index contributed by atoms with van der Waals surface area (Å²) in [4.78, 5) is 15.8. The third kappa shape index (κ3) is 2.18. The second-order valence-electron chi connectivity index (χ2n) is 2.95. The Morgan fingerprint density at radius 3 is 2.73 bits per heavy atom. The van der Waals surface area contributed by atoms with Gasteiger partial charge in [-0.05, 0) is 13.8 Å². The molecule has 78 valence electrons. The van der Waals surface area contributed by atoms with Crippen molar-refractivity contribution < 1.29 is 4.79 Å². The molecule has 0 unspecified atom stereocenters. The highest BCUT2D eigenvalue weighted by Crippen LogP contribution is 2.16. The maximum atomic E-state index is 11.7. The van der Waals surface area contributed by atoms with E-state index in [1.54, 1.807) is 6.92 Å². The molecular formula is C8H8N4OS2. The second kappa shape index (κ2) is 4.03. The zero-order valence-corrected chi connectivity index (χ0v) is 9.78. The Hall–Kier alpha value is -1.34. The summed E-state index contributed by atoms with van der Waals surface area (Å²) in [5.41, 5.74) is 1.90. The van der Waals surface area contributed by atoms with E-state index in [-0.39, 0.29) is 5.91 Å². The van der Waals surface area contributed by atoms with E-state index in [2.05, 4.69) is 19.0 Å². The van der Waals surface area contributed by atoms with Crippen LogP contribution in [0.3, 0.4) is 0 Å². The molecule has 0 saturated heterocycles. The van der Waals surface area contributed by atoms with Gasteiger partial charge in [0, 0.05) is 5.38 Å². The maximum absolute atomic E-state index is 11.7. The van der Waals surface area contributed by atoms with Crippen LogP contribution in [0.4, 0.5) is 5.13 Å². The van der Waals surface area contributed by atoms with E-state index < -0.39 is 0 Å². The van der Waals surface area contributed by atoms with Gasteiger partial charge in [-0.2, -0.15) is 8.75 Å². The monoisotopic (exact) mass is 240 g/mol. The minimum absolute atomic E-state index is 0.254. The first kappa shape index (κ1) is 10.2. The van der Waals surface area contributed by atoms with Crippen LogP contribution in [0.5, 0.6) is 0 Å². The first-order valence-corrected chi connectivity index (χ1v) is 5.80. The third-order valence-electron chi connectivity index (χ3n) is 1.71. The molecule has 0 aliphatic rings. The molecule has 1 amide bonds. The van der Waals surface area contributed by atoms with Crippen LogP contribution in [-0.2, 0) is 0 Å². The van der Waals surface area contributed by atoms with Crippen molar-refractivity contribution in [1.29, 1.82) is 0 Å². The lowest BCUT2D eigenvalue weighted by Gasteiger charge is -1.97. The molecular weight excluding hydrogens is 232 g/mol. The van der Waals surface area contributed by atoms with Crippen LogP contribution in [0.15, 0.2) is 5.38 Å². The fraction of sp³-hybridized carbons (Fsp3) is 0.250. The van der Waals surface area contributed by atoms with Gasteiger partial charge in [-0.25, -0.2) is 4.98 Å². The predicted molar refractivity (Wildman–Crippen MR) is 59.5 cm³/mol. The second-order valence-corrected chi connectivity index (χ2v) is 4.33. The summed E-state index contributed by atoms with van der Waals surface area (Å²) in [6, 6.07) is 0. The molecule has 0 aliphatic carbocycles. The van der Waals surface area contributed by atoms with Gasteiger partial charge in [0.25, 0.3) is 5.91 Å². The molecule has 0 spiro atoms. The number of carbonyl (C=O) groups is 1. The van der Waals surface area contributed by atoms with Crippen LogP contribution in [0.1, 0.15) is 21.9 Å². The lowest BCUT2D eigenvalue weighted by atomic mass is 10.3. The number of thiazole rings is 1. The molecule has 2 aromatic rings. The van der Waals surface area contributed by atoms with Crippen LogP contribution in [0.2, 0.25) is 0 Å². The molecule has 0 aliphatic heterocycles. The largest absolute Gasteiger partial charge is 0.296 e. The molecule has 2 aromatic heterocycles. The lowest BCUT2D eigenvalue weighted by Crippen LogP contribution is -2.13. The van der Waals surface area contributed by atoms with E-state index in [0.717, 1.165) is 17.4 Å². The average Bonchev–Trinajstić information content (AvgIpc) is 2.75. The smallest absolute Gasteiger partial charge is 0.279 e. The molecule has 0 aromatic carbocycles. The summed E-state index contributed by atoms with van der Waals surface area (Å²) < 4.78 is 7.85. The lowest BCUT2D eigenvalue weighted by molar-refractivity contribution is 0.102. The molecule has 0 saturated carbocycles. The Labute approximate surface area is 94.5 Å². The summed E-state index contributed by atoms with van der Waals surface area (Å²) >= 11 is 2.43. The minimum atomic E-state index is -0.254. The van der Waals surface area contributed by atoms with Crippen LogP contribution < -0.4 is 5.32 Å². The van der Waals surface area contributed by atoms with Crippen LogP contribution >= 0.6 is 23.1 Å².